The van der Waals surface area contributed by atoms with Crippen LogP contribution in [0.2, 0.25) is 0 Å². The number of anilines is 1. The van der Waals surface area contributed by atoms with Crippen LogP contribution in [0, 0.1) is 6.92 Å². The van der Waals surface area contributed by atoms with Crippen molar-refractivity contribution < 1.29 is 4.79 Å². The summed E-state index contributed by atoms with van der Waals surface area (Å²) in [6.07, 6.45) is 4.37. The highest BCUT2D eigenvalue weighted by atomic mass is 16.1. The van der Waals surface area contributed by atoms with E-state index in [-0.39, 0.29) is 5.91 Å². The fraction of sp³-hybridized carbons (Fsp3) is 0.150. The van der Waals surface area contributed by atoms with Gasteiger partial charge in [-0.15, -0.1) is 0 Å². The van der Waals surface area contributed by atoms with Gasteiger partial charge in [0, 0.05) is 41.8 Å². The summed E-state index contributed by atoms with van der Waals surface area (Å²) >= 11 is 0. The molecule has 2 heterocycles. The van der Waals surface area contributed by atoms with Crippen molar-refractivity contribution in [3.8, 4) is 0 Å². The van der Waals surface area contributed by atoms with Crippen LogP contribution in [0.15, 0.2) is 60.9 Å². The monoisotopic (exact) mass is 317 g/mol. The number of hydrogen-bond donors (Lipinski definition) is 2. The molecule has 0 atom stereocenters. The van der Waals surface area contributed by atoms with Gasteiger partial charge in [0.15, 0.2) is 0 Å². The zero-order valence-corrected chi connectivity index (χ0v) is 13.5. The van der Waals surface area contributed by atoms with Crippen molar-refractivity contribution >= 4 is 33.4 Å². The van der Waals surface area contributed by atoms with Crippen LogP contribution in [0.5, 0.6) is 0 Å². The van der Waals surface area contributed by atoms with Crippen molar-refractivity contribution in [2.24, 2.45) is 0 Å². The summed E-state index contributed by atoms with van der Waals surface area (Å²) in [6.45, 7) is 2.76. The second kappa shape index (κ2) is 5.89. The third-order valence-corrected chi connectivity index (χ3v) is 4.38. The van der Waals surface area contributed by atoms with Gasteiger partial charge in [0.2, 0.25) is 5.91 Å². The van der Waals surface area contributed by atoms with Crippen LogP contribution in [0.3, 0.4) is 0 Å². The number of rotatable bonds is 4. The topological polar surface area (TPSA) is 49.8 Å². The van der Waals surface area contributed by atoms with E-state index in [1.165, 1.54) is 16.5 Å². The Kier molecular flexibility index (Phi) is 3.58. The van der Waals surface area contributed by atoms with Crippen molar-refractivity contribution in [3.05, 3.63) is 66.5 Å². The molecule has 24 heavy (non-hydrogen) atoms. The summed E-state index contributed by atoms with van der Waals surface area (Å²) in [7, 11) is 0. The number of nitrogens with one attached hydrogen (secondary N) is 2. The highest BCUT2D eigenvalue weighted by Crippen LogP contribution is 2.22. The first kappa shape index (κ1) is 14.6. The van der Waals surface area contributed by atoms with Gasteiger partial charge < -0.3 is 14.9 Å². The third-order valence-electron chi connectivity index (χ3n) is 4.38. The van der Waals surface area contributed by atoms with E-state index in [9.17, 15) is 4.79 Å². The fourth-order valence-corrected chi connectivity index (χ4v) is 3.14. The minimum Gasteiger partial charge on any atom is -0.361 e. The largest absolute Gasteiger partial charge is 0.361 e. The van der Waals surface area contributed by atoms with Crippen molar-refractivity contribution in [1.82, 2.24) is 9.55 Å². The molecule has 0 radical (unpaired) electrons. The lowest BCUT2D eigenvalue weighted by molar-refractivity contribution is -0.116. The van der Waals surface area contributed by atoms with Gasteiger partial charge in [-0.1, -0.05) is 17.7 Å². The highest BCUT2D eigenvalue weighted by molar-refractivity contribution is 6.01. The summed E-state index contributed by atoms with van der Waals surface area (Å²) < 4.78 is 2.13. The maximum atomic E-state index is 12.3. The Bertz CT molecular complexity index is 1030. The van der Waals surface area contributed by atoms with E-state index in [2.05, 4.69) is 46.1 Å². The number of aryl methyl sites for hydroxylation is 2. The maximum absolute atomic E-state index is 12.3. The molecule has 0 unspecified atom stereocenters. The smallest absolute Gasteiger partial charge is 0.226 e. The SMILES string of the molecule is Cc1ccc2c(ccn2CCC(=O)Nc2cccc3[nH]ccc23)c1. The molecule has 0 saturated carbocycles. The molecule has 120 valence electrons. The zero-order chi connectivity index (χ0) is 16.5. The Hall–Kier alpha value is -3.01. The predicted molar refractivity (Wildman–Crippen MR) is 98.2 cm³/mol. The van der Waals surface area contributed by atoms with Crippen LogP contribution in [0.25, 0.3) is 21.8 Å². The van der Waals surface area contributed by atoms with Crippen molar-refractivity contribution in [2.45, 2.75) is 19.9 Å². The maximum Gasteiger partial charge on any atom is 0.226 e. The molecule has 4 nitrogen and oxygen atoms in total. The van der Waals surface area contributed by atoms with Gasteiger partial charge >= 0.3 is 0 Å². The molecule has 0 aliphatic carbocycles. The molecular weight excluding hydrogens is 298 g/mol. The first-order valence-electron chi connectivity index (χ1n) is 8.12. The van der Waals surface area contributed by atoms with E-state index < -0.39 is 0 Å². The average Bonchev–Trinajstić information content (AvgIpc) is 3.19. The van der Waals surface area contributed by atoms with Gasteiger partial charge in [0.25, 0.3) is 0 Å². The molecule has 4 heteroatoms. The summed E-state index contributed by atoms with van der Waals surface area (Å²) in [6, 6.07) is 16.3. The molecule has 2 aromatic heterocycles. The number of amides is 1. The summed E-state index contributed by atoms with van der Waals surface area (Å²) in [4.78, 5) is 15.5. The van der Waals surface area contributed by atoms with Gasteiger partial charge in [-0.05, 0) is 48.7 Å². The number of aromatic nitrogens is 2. The van der Waals surface area contributed by atoms with Gasteiger partial charge in [0.1, 0.15) is 0 Å². The van der Waals surface area contributed by atoms with E-state index in [1.54, 1.807) is 0 Å². The quantitative estimate of drug-likeness (QED) is 0.573. The molecule has 4 rings (SSSR count). The molecule has 1 amide bonds. The molecule has 0 bridgehead atoms. The Morgan fingerprint density at radius 2 is 2.08 bits per heavy atom. The van der Waals surface area contributed by atoms with Gasteiger partial charge in [-0.25, -0.2) is 0 Å². The first-order valence-corrected chi connectivity index (χ1v) is 8.12. The van der Waals surface area contributed by atoms with E-state index in [4.69, 9.17) is 0 Å². The number of carbonyl (C=O) groups excluding carboxylic acids is 1. The molecule has 0 saturated heterocycles. The average molecular weight is 317 g/mol. The van der Waals surface area contributed by atoms with Crippen LogP contribution >= 0.6 is 0 Å². The van der Waals surface area contributed by atoms with E-state index in [1.807, 2.05) is 36.7 Å². The molecule has 2 aromatic carbocycles. The lowest BCUT2D eigenvalue weighted by Crippen LogP contribution is -2.14. The summed E-state index contributed by atoms with van der Waals surface area (Å²) in [5, 5.41) is 5.27. The molecule has 0 aliphatic heterocycles. The van der Waals surface area contributed by atoms with Crippen LogP contribution in [-0.4, -0.2) is 15.5 Å². The Morgan fingerprint density at radius 3 is 3.00 bits per heavy atom. The molecule has 0 fully saturated rings. The van der Waals surface area contributed by atoms with E-state index in [0.29, 0.717) is 13.0 Å². The van der Waals surface area contributed by atoms with Gasteiger partial charge in [0.05, 0.1) is 5.69 Å². The van der Waals surface area contributed by atoms with Crippen LogP contribution in [-0.2, 0) is 11.3 Å². The second-order valence-electron chi connectivity index (χ2n) is 6.11. The number of hydrogen-bond acceptors (Lipinski definition) is 1. The third kappa shape index (κ3) is 2.67. The minimum absolute atomic E-state index is 0.0256. The summed E-state index contributed by atoms with van der Waals surface area (Å²) in [5.74, 6) is 0.0256. The standard InChI is InChI=1S/C20H19N3O/c1-14-5-6-19-15(13-14)8-11-23(19)12-9-20(24)22-18-4-2-3-17-16(18)7-10-21-17/h2-8,10-11,13,21H,9,12H2,1H3,(H,22,24). The fourth-order valence-electron chi connectivity index (χ4n) is 3.14. The molecule has 4 aromatic rings. The number of benzene rings is 2. The molecule has 2 N–H and O–H groups in total. The van der Waals surface area contributed by atoms with Gasteiger partial charge in [-0.3, -0.25) is 4.79 Å². The molecular formula is C20H19N3O. The summed E-state index contributed by atoms with van der Waals surface area (Å²) in [5.41, 5.74) is 4.30. The second-order valence-corrected chi connectivity index (χ2v) is 6.11. The van der Waals surface area contributed by atoms with Crippen LogP contribution < -0.4 is 5.32 Å². The van der Waals surface area contributed by atoms with Crippen molar-refractivity contribution in [3.63, 3.8) is 0 Å². The minimum atomic E-state index is 0.0256. The van der Waals surface area contributed by atoms with E-state index >= 15 is 0 Å². The predicted octanol–water partition coefficient (Wildman–Crippen LogP) is 4.46. The molecule has 0 spiro atoms. The number of fused-ring (bicyclic) bond motifs is 2. The number of H-pyrrole nitrogens is 1. The first-order chi connectivity index (χ1) is 11.7. The van der Waals surface area contributed by atoms with E-state index in [0.717, 1.165) is 16.6 Å². The number of nitrogens with zero attached hydrogens (tertiary/aromatic N) is 1. The lowest BCUT2D eigenvalue weighted by atomic mass is 10.2. The normalized spacial score (nSPS) is 11.2. The van der Waals surface area contributed by atoms with Crippen molar-refractivity contribution in [2.75, 3.05) is 5.32 Å². The molecule has 0 aliphatic rings. The van der Waals surface area contributed by atoms with Crippen LogP contribution in [0.4, 0.5) is 5.69 Å². The van der Waals surface area contributed by atoms with Gasteiger partial charge in [-0.2, -0.15) is 0 Å². The Labute approximate surface area is 140 Å². The van der Waals surface area contributed by atoms with Crippen LogP contribution in [0.1, 0.15) is 12.0 Å². The highest BCUT2D eigenvalue weighted by Gasteiger charge is 2.08. The lowest BCUT2D eigenvalue weighted by Gasteiger charge is -2.08. The Morgan fingerprint density at radius 1 is 1.17 bits per heavy atom. The van der Waals surface area contributed by atoms with Crippen molar-refractivity contribution in [1.29, 1.82) is 0 Å². The zero-order valence-electron chi connectivity index (χ0n) is 13.5. The Balaban J connectivity index is 1.47. The number of carbonyl (C=O) groups is 1. The number of aromatic amines is 1.